The highest BCUT2D eigenvalue weighted by atomic mass is 32.2. The lowest BCUT2D eigenvalue weighted by molar-refractivity contribution is -0.130. The van der Waals surface area contributed by atoms with Crippen LogP contribution in [0.3, 0.4) is 0 Å². The molecule has 1 aliphatic heterocycles. The first-order valence-electron chi connectivity index (χ1n) is 13.0. The highest BCUT2D eigenvalue weighted by molar-refractivity contribution is 7.90. The molecular weight excluding hydrogens is 514 g/mol. The molecule has 2 aliphatic rings. The van der Waals surface area contributed by atoms with Crippen LogP contribution in [0.1, 0.15) is 57.6 Å². The summed E-state index contributed by atoms with van der Waals surface area (Å²) < 4.78 is 29.8. The van der Waals surface area contributed by atoms with E-state index in [1.807, 2.05) is 30.3 Å². The number of ether oxygens (including phenoxy) is 1. The third kappa shape index (κ3) is 5.99. The van der Waals surface area contributed by atoms with Crippen LogP contribution in [0.2, 0.25) is 0 Å². The molecule has 0 N–H and O–H groups in total. The van der Waals surface area contributed by atoms with Crippen LogP contribution in [0.15, 0.2) is 47.4 Å². The Morgan fingerprint density at radius 3 is 2.36 bits per heavy atom. The first-order valence-corrected chi connectivity index (χ1v) is 14.9. The van der Waals surface area contributed by atoms with Gasteiger partial charge in [-0.15, -0.1) is 0 Å². The summed E-state index contributed by atoms with van der Waals surface area (Å²) in [4.78, 5) is 28.1. The van der Waals surface area contributed by atoms with Crippen molar-refractivity contribution in [2.45, 2.75) is 68.9 Å². The van der Waals surface area contributed by atoms with Crippen LogP contribution in [0.4, 0.5) is 4.79 Å². The average molecular weight is 548 g/mol. The van der Waals surface area contributed by atoms with E-state index in [9.17, 15) is 28.5 Å². The first kappa shape index (κ1) is 28.3. The quantitative estimate of drug-likeness (QED) is 0.474. The Morgan fingerprint density at radius 1 is 1.13 bits per heavy atom. The maximum absolute atomic E-state index is 13.6. The van der Waals surface area contributed by atoms with E-state index in [0.717, 1.165) is 23.8 Å². The van der Waals surface area contributed by atoms with Gasteiger partial charge in [0.05, 0.1) is 22.4 Å². The van der Waals surface area contributed by atoms with E-state index >= 15 is 0 Å². The number of rotatable bonds is 7. The molecule has 2 bridgehead atoms. The molecule has 4 rings (SSSR count). The first-order chi connectivity index (χ1) is 18.3. The zero-order valence-corrected chi connectivity index (χ0v) is 23.5. The topological polar surface area (TPSA) is 128 Å². The summed E-state index contributed by atoms with van der Waals surface area (Å²) in [5.41, 5.74) is 0.846. The number of fused-ring (bicyclic) bond motifs is 2. The van der Waals surface area contributed by atoms with Gasteiger partial charge in [-0.3, -0.25) is 9.69 Å². The highest BCUT2D eigenvalue weighted by Crippen LogP contribution is 2.48. The molecule has 1 saturated carbocycles. The number of carbonyl (C=O) groups is 2. The minimum Gasteiger partial charge on any atom is -0.444 e. The normalized spacial score (nSPS) is 21.2. The number of benzene rings is 2. The fourth-order valence-electron chi connectivity index (χ4n) is 5.72. The summed E-state index contributed by atoms with van der Waals surface area (Å²) in [6, 6.07) is 16.3. The molecule has 1 aliphatic carbocycles. The molecule has 39 heavy (non-hydrogen) atoms. The fourth-order valence-corrected chi connectivity index (χ4v) is 6.58. The van der Waals surface area contributed by atoms with Crippen LogP contribution in [0.25, 0.3) is 11.1 Å². The van der Waals surface area contributed by atoms with Crippen molar-refractivity contribution < 1.29 is 22.7 Å². The molecule has 2 aromatic carbocycles. The van der Waals surface area contributed by atoms with E-state index in [-0.39, 0.29) is 28.6 Å². The molecule has 0 radical (unpaired) electrons. The Labute approximate surface area is 230 Å². The number of Topliss-reactive ketones (excluding diaryl/α,β-unsaturated/α-hetero) is 1. The predicted octanol–water partition coefficient (Wildman–Crippen LogP) is 5.06. The summed E-state index contributed by atoms with van der Waals surface area (Å²) >= 11 is 0. The third-order valence-corrected chi connectivity index (χ3v) is 8.70. The minimum atomic E-state index is -3.57. The third-order valence-electron chi connectivity index (χ3n) is 7.57. The SMILES string of the molecule is CC(C)(C)OC(=O)N1C[C@@H]2CC[C@]1(C(=O)C[C@H](C#N)Cc1ccc(-c3ccc(C#N)c(S(C)(=O)=O)c3)cc1)C2. The smallest absolute Gasteiger partial charge is 0.411 e. The molecule has 9 heteroatoms. The Morgan fingerprint density at radius 2 is 1.79 bits per heavy atom. The van der Waals surface area contributed by atoms with Crippen LogP contribution < -0.4 is 0 Å². The lowest BCUT2D eigenvalue weighted by atomic mass is 9.84. The molecule has 1 heterocycles. The van der Waals surface area contributed by atoms with Gasteiger partial charge in [-0.1, -0.05) is 30.3 Å². The van der Waals surface area contributed by atoms with Crippen molar-refractivity contribution in [3.63, 3.8) is 0 Å². The van der Waals surface area contributed by atoms with Gasteiger partial charge in [0, 0.05) is 19.2 Å². The Hall–Kier alpha value is -3.69. The van der Waals surface area contributed by atoms with Crippen molar-refractivity contribution >= 4 is 21.7 Å². The van der Waals surface area contributed by atoms with Crippen molar-refractivity contribution in [3.8, 4) is 23.3 Å². The summed E-state index contributed by atoms with van der Waals surface area (Å²) in [6.45, 7) is 5.92. The van der Waals surface area contributed by atoms with E-state index in [0.29, 0.717) is 31.4 Å². The van der Waals surface area contributed by atoms with E-state index < -0.39 is 33.0 Å². The van der Waals surface area contributed by atoms with Crippen molar-refractivity contribution in [2.24, 2.45) is 11.8 Å². The second-order valence-corrected chi connectivity index (χ2v) is 13.7. The van der Waals surface area contributed by atoms with Gasteiger partial charge >= 0.3 is 6.09 Å². The van der Waals surface area contributed by atoms with E-state index in [4.69, 9.17) is 4.74 Å². The van der Waals surface area contributed by atoms with Gasteiger partial charge in [-0.25, -0.2) is 13.2 Å². The summed E-state index contributed by atoms with van der Waals surface area (Å²) in [5.74, 6) is -0.355. The molecule has 2 aromatic rings. The number of piperidine rings is 1. The van der Waals surface area contributed by atoms with Crippen LogP contribution in [-0.2, 0) is 25.8 Å². The minimum absolute atomic E-state index is 0.0181. The van der Waals surface area contributed by atoms with E-state index in [2.05, 4.69) is 6.07 Å². The van der Waals surface area contributed by atoms with Crippen molar-refractivity contribution in [3.05, 3.63) is 53.6 Å². The number of sulfone groups is 1. The maximum Gasteiger partial charge on any atom is 0.411 e. The Bertz CT molecular complexity index is 1480. The van der Waals surface area contributed by atoms with Gasteiger partial charge in [0.25, 0.3) is 0 Å². The number of ketones is 1. The maximum atomic E-state index is 13.6. The number of carbonyl (C=O) groups excluding carboxylic acids is 2. The molecule has 204 valence electrons. The lowest BCUT2D eigenvalue weighted by Crippen LogP contribution is -2.54. The van der Waals surface area contributed by atoms with Gasteiger partial charge in [0.15, 0.2) is 15.6 Å². The monoisotopic (exact) mass is 547 g/mol. The van der Waals surface area contributed by atoms with Crippen LogP contribution in [0, 0.1) is 34.5 Å². The molecule has 1 amide bonds. The predicted molar refractivity (Wildman–Crippen MR) is 145 cm³/mol. The summed E-state index contributed by atoms with van der Waals surface area (Å²) in [6.07, 6.45) is 3.14. The number of nitriles is 2. The van der Waals surface area contributed by atoms with Gasteiger partial charge in [0.2, 0.25) is 0 Å². The number of hydrogen-bond donors (Lipinski definition) is 0. The molecule has 8 nitrogen and oxygen atoms in total. The van der Waals surface area contributed by atoms with Crippen LogP contribution in [0.5, 0.6) is 0 Å². The zero-order valence-electron chi connectivity index (χ0n) is 22.7. The van der Waals surface area contributed by atoms with Crippen molar-refractivity contribution in [1.29, 1.82) is 10.5 Å². The van der Waals surface area contributed by atoms with Gasteiger partial charge in [0.1, 0.15) is 17.2 Å². The van der Waals surface area contributed by atoms with E-state index in [1.54, 1.807) is 31.7 Å². The van der Waals surface area contributed by atoms with Crippen LogP contribution >= 0.6 is 0 Å². The molecule has 2 fully saturated rings. The summed E-state index contributed by atoms with van der Waals surface area (Å²) in [7, 11) is -3.57. The number of nitrogens with zero attached hydrogens (tertiary/aromatic N) is 3. The summed E-state index contributed by atoms with van der Waals surface area (Å²) in [5, 5.41) is 19.1. The molecule has 0 spiro atoms. The van der Waals surface area contributed by atoms with Gasteiger partial charge in [-0.2, -0.15) is 10.5 Å². The molecule has 3 atom stereocenters. The number of hydrogen-bond acceptors (Lipinski definition) is 7. The van der Waals surface area contributed by atoms with Gasteiger partial charge in [-0.05, 0) is 81.2 Å². The Kier molecular flexibility index (Phi) is 7.60. The van der Waals surface area contributed by atoms with Gasteiger partial charge < -0.3 is 4.74 Å². The number of likely N-dealkylation sites (tertiary alicyclic amines) is 1. The highest BCUT2D eigenvalue weighted by Gasteiger charge is 2.57. The fraction of sp³-hybridized carbons (Fsp3) is 0.467. The second-order valence-electron chi connectivity index (χ2n) is 11.7. The largest absolute Gasteiger partial charge is 0.444 e. The zero-order chi connectivity index (χ0) is 28.6. The number of amides is 1. The molecule has 0 aromatic heterocycles. The average Bonchev–Trinajstić information content (AvgIpc) is 3.47. The van der Waals surface area contributed by atoms with Crippen molar-refractivity contribution in [1.82, 2.24) is 4.90 Å². The molecular formula is C30H33N3O5S. The standard InChI is InChI=1S/C30H33N3O5S/c1-29(2,3)38-28(35)33-19-21-11-12-30(33,16-21)27(34)14-22(17-31)13-20-5-7-23(8-6-20)24-9-10-25(18-32)26(15-24)39(4,36)37/h5-10,15,21-22H,11-14,16,19H2,1-4H3/t21-,22-,30-/m1/s1. The Balaban J connectivity index is 1.47. The van der Waals surface area contributed by atoms with E-state index in [1.165, 1.54) is 12.1 Å². The van der Waals surface area contributed by atoms with Crippen molar-refractivity contribution in [2.75, 3.05) is 12.8 Å². The molecule has 0 unspecified atom stereocenters. The molecule has 1 saturated heterocycles. The second kappa shape index (κ2) is 10.5. The van der Waals surface area contributed by atoms with Crippen LogP contribution in [-0.4, -0.2) is 49.1 Å². The lowest BCUT2D eigenvalue weighted by Gasteiger charge is -2.38.